The number of aliphatic hydroxyl groups is 1. The Bertz CT molecular complexity index is 404. The number of amides is 1. The van der Waals surface area contributed by atoms with Crippen LogP contribution in [0.3, 0.4) is 0 Å². The lowest BCUT2D eigenvalue weighted by Gasteiger charge is -2.11. The Balaban J connectivity index is 2.61. The Morgan fingerprint density at radius 3 is 2.71 bits per heavy atom. The fourth-order valence-corrected chi connectivity index (χ4v) is 1.82. The SMILES string of the molecule is CC(CCO)CNC(=O)c1cc(Cl)c(Cl)n1C. The molecule has 1 rings (SSSR count). The van der Waals surface area contributed by atoms with Gasteiger partial charge < -0.3 is 15.0 Å². The lowest BCUT2D eigenvalue weighted by molar-refractivity contribution is 0.0937. The topological polar surface area (TPSA) is 54.3 Å². The van der Waals surface area contributed by atoms with E-state index in [1.165, 1.54) is 10.6 Å². The van der Waals surface area contributed by atoms with Gasteiger partial charge in [0.15, 0.2) is 0 Å². The minimum atomic E-state index is -0.217. The number of rotatable bonds is 5. The Morgan fingerprint density at radius 1 is 1.59 bits per heavy atom. The van der Waals surface area contributed by atoms with Crippen molar-refractivity contribution < 1.29 is 9.90 Å². The third-order valence-corrected chi connectivity index (χ3v) is 3.42. The van der Waals surface area contributed by atoms with Gasteiger partial charge in [-0.15, -0.1) is 0 Å². The lowest BCUT2D eigenvalue weighted by Crippen LogP contribution is -2.30. The number of carbonyl (C=O) groups excluding carboxylic acids is 1. The minimum absolute atomic E-state index is 0.124. The van der Waals surface area contributed by atoms with Crippen LogP contribution in [-0.4, -0.2) is 28.7 Å². The van der Waals surface area contributed by atoms with Crippen LogP contribution in [0.2, 0.25) is 10.2 Å². The summed E-state index contributed by atoms with van der Waals surface area (Å²) in [6, 6.07) is 1.54. The second-order valence-electron chi connectivity index (χ2n) is 4.05. The highest BCUT2D eigenvalue weighted by Crippen LogP contribution is 2.24. The molecule has 6 heteroatoms. The summed E-state index contributed by atoms with van der Waals surface area (Å²) >= 11 is 11.7. The molecule has 2 N–H and O–H groups in total. The molecule has 0 aliphatic carbocycles. The van der Waals surface area contributed by atoms with Gasteiger partial charge in [0.25, 0.3) is 5.91 Å². The zero-order chi connectivity index (χ0) is 13.0. The van der Waals surface area contributed by atoms with E-state index in [2.05, 4.69) is 5.32 Å². The second kappa shape index (κ2) is 6.28. The van der Waals surface area contributed by atoms with Crippen molar-refractivity contribution in [2.45, 2.75) is 13.3 Å². The number of nitrogens with zero attached hydrogens (tertiary/aromatic N) is 1. The van der Waals surface area contributed by atoms with Crippen LogP contribution < -0.4 is 5.32 Å². The van der Waals surface area contributed by atoms with E-state index in [0.717, 1.165) is 0 Å². The van der Waals surface area contributed by atoms with Gasteiger partial charge in [-0.25, -0.2) is 0 Å². The van der Waals surface area contributed by atoms with Crippen molar-refractivity contribution in [3.63, 3.8) is 0 Å². The molecule has 0 saturated carbocycles. The molecule has 1 atom stereocenters. The highest BCUT2D eigenvalue weighted by molar-refractivity contribution is 6.41. The summed E-state index contributed by atoms with van der Waals surface area (Å²) in [5, 5.41) is 12.2. The minimum Gasteiger partial charge on any atom is -0.396 e. The normalized spacial score (nSPS) is 12.5. The molecule has 0 aliphatic rings. The van der Waals surface area contributed by atoms with Crippen molar-refractivity contribution >= 4 is 29.1 Å². The summed E-state index contributed by atoms with van der Waals surface area (Å²) in [6.45, 7) is 2.60. The number of nitrogens with one attached hydrogen (secondary N) is 1. The molecular weight excluding hydrogens is 263 g/mol. The van der Waals surface area contributed by atoms with Crippen molar-refractivity contribution in [3.8, 4) is 0 Å². The molecule has 96 valence electrons. The summed E-state index contributed by atoms with van der Waals surface area (Å²) in [4.78, 5) is 11.8. The third kappa shape index (κ3) is 3.63. The smallest absolute Gasteiger partial charge is 0.267 e. The molecule has 0 fully saturated rings. The molecule has 4 nitrogen and oxygen atoms in total. The van der Waals surface area contributed by atoms with Crippen LogP contribution in [0.25, 0.3) is 0 Å². The van der Waals surface area contributed by atoms with Gasteiger partial charge in [-0.05, 0) is 18.4 Å². The molecule has 0 radical (unpaired) electrons. The van der Waals surface area contributed by atoms with Gasteiger partial charge >= 0.3 is 0 Å². The molecule has 1 aromatic rings. The maximum atomic E-state index is 11.8. The van der Waals surface area contributed by atoms with Crippen molar-refractivity contribution in [1.82, 2.24) is 9.88 Å². The number of hydrogen-bond acceptors (Lipinski definition) is 2. The molecular formula is C11H16Cl2N2O2. The fourth-order valence-electron chi connectivity index (χ4n) is 1.44. The predicted octanol–water partition coefficient (Wildman–Crippen LogP) is 2.08. The van der Waals surface area contributed by atoms with Crippen LogP contribution in [0.4, 0.5) is 0 Å². The van der Waals surface area contributed by atoms with E-state index >= 15 is 0 Å². The van der Waals surface area contributed by atoms with Gasteiger partial charge in [0.2, 0.25) is 0 Å². The highest BCUT2D eigenvalue weighted by atomic mass is 35.5. The van der Waals surface area contributed by atoms with E-state index in [9.17, 15) is 4.79 Å². The first-order valence-electron chi connectivity index (χ1n) is 5.37. The predicted molar refractivity (Wildman–Crippen MR) is 68.6 cm³/mol. The first kappa shape index (κ1) is 14.4. The maximum absolute atomic E-state index is 11.8. The van der Waals surface area contributed by atoms with Crippen LogP contribution in [0.1, 0.15) is 23.8 Å². The van der Waals surface area contributed by atoms with E-state index in [4.69, 9.17) is 28.3 Å². The standard InChI is InChI=1S/C11H16Cl2N2O2/c1-7(3-4-16)6-14-11(17)9-5-8(12)10(13)15(9)2/h5,7,16H,3-4,6H2,1-2H3,(H,14,17). The van der Waals surface area contributed by atoms with E-state index in [1.807, 2.05) is 6.92 Å². The van der Waals surface area contributed by atoms with Crippen LogP contribution >= 0.6 is 23.2 Å². The summed E-state index contributed by atoms with van der Waals surface area (Å²) in [5.74, 6) is 0.0150. The van der Waals surface area contributed by atoms with Crippen molar-refractivity contribution in [3.05, 3.63) is 21.9 Å². The Labute approximate surface area is 111 Å². The van der Waals surface area contributed by atoms with Gasteiger partial charge in [0.05, 0.1) is 5.02 Å². The summed E-state index contributed by atoms with van der Waals surface area (Å²) in [7, 11) is 1.68. The number of aromatic nitrogens is 1. The van der Waals surface area contributed by atoms with Gasteiger partial charge in [0.1, 0.15) is 10.8 Å². The first-order chi connectivity index (χ1) is 7.97. The molecule has 0 saturated heterocycles. The number of halogens is 2. The zero-order valence-corrected chi connectivity index (χ0v) is 11.3. The van der Waals surface area contributed by atoms with Crippen molar-refractivity contribution in [2.75, 3.05) is 13.2 Å². The first-order valence-corrected chi connectivity index (χ1v) is 6.12. The molecule has 0 aliphatic heterocycles. The quantitative estimate of drug-likeness (QED) is 0.867. The zero-order valence-electron chi connectivity index (χ0n) is 9.83. The van der Waals surface area contributed by atoms with Gasteiger partial charge in [-0.1, -0.05) is 30.1 Å². The molecule has 1 heterocycles. The molecule has 1 amide bonds. The van der Waals surface area contributed by atoms with Crippen LogP contribution in [-0.2, 0) is 7.05 Å². The van der Waals surface area contributed by atoms with Gasteiger partial charge in [-0.3, -0.25) is 4.79 Å². The Hall–Kier alpha value is -0.710. The van der Waals surface area contributed by atoms with Crippen LogP contribution in [0, 0.1) is 5.92 Å². The molecule has 1 unspecified atom stereocenters. The van der Waals surface area contributed by atoms with Gasteiger partial charge in [-0.2, -0.15) is 0 Å². The Morgan fingerprint density at radius 2 is 2.24 bits per heavy atom. The third-order valence-electron chi connectivity index (χ3n) is 2.58. The van der Waals surface area contributed by atoms with Crippen molar-refractivity contribution in [2.24, 2.45) is 13.0 Å². The number of aliphatic hydroxyl groups excluding tert-OH is 1. The van der Waals surface area contributed by atoms with Crippen molar-refractivity contribution in [1.29, 1.82) is 0 Å². The average molecular weight is 279 g/mol. The summed E-state index contributed by atoms with van der Waals surface area (Å²) in [5.41, 5.74) is 0.427. The van der Waals surface area contributed by atoms with Crippen LogP contribution in [0.5, 0.6) is 0 Å². The van der Waals surface area contributed by atoms with E-state index < -0.39 is 0 Å². The summed E-state index contributed by atoms with van der Waals surface area (Å²) < 4.78 is 1.54. The largest absolute Gasteiger partial charge is 0.396 e. The van der Waals surface area contributed by atoms with Crippen LogP contribution in [0.15, 0.2) is 6.07 Å². The molecule has 0 aromatic carbocycles. The van der Waals surface area contributed by atoms with E-state index in [1.54, 1.807) is 7.05 Å². The molecule has 0 spiro atoms. The van der Waals surface area contributed by atoms with Gasteiger partial charge in [0, 0.05) is 20.2 Å². The molecule has 17 heavy (non-hydrogen) atoms. The average Bonchev–Trinajstić information content (AvgIpc) is 2.54. The molecule has 0 bridgehead atoms. The summed E-state index contributed by atoms with van der Waals surface area (Å²) in [6.07, 6.45) is 0.662. The monoisotopic (exact) mass is 278 g/mol. The number of carbonyl (C=O) groups is 1. The lowest BCUT2D eigenvalue weighted by atomic mass is 10.1. The second-order valence-corrected chi connectivity index (χ2v) is 4.82. The highest BCUT2D eigenvalue weighted by Gasteiger charge is 2.15. The van der Waals surface area contributed by atoms with E-state index in [-0.39, 0.29) is 18.4 Å². The number of hydrogen-bond donors (Lipinski definition) is 2. The fraction of sp³-hybridized carbons (Fsp3) is 0.545. The Kier molecular flexibility index (Phi) is 5.31. The molecule has 1 aromatic heterocycles. The van der Waals surface area contributed by atoms with E-state index in [0.29, 0.717) is 28.8 Å². The maximum Gasteiger partial charge on any atom is 0.267 e.